The fourth-order valence-electron chi connectivity index (χ4n) is 2.39. The summed E-state index contributed by atoms with van der Waals surface area (Å²) in [6.07, 6.45) is 0.618. The van der Waals surface area contributed by atoms with Crippen LogP contribution < -0.4 is 10.1 Å². The first-order valence-electron chi connectivity index (χ1n) is 7.63. The van der Waals surface area contributed by atoms with Crippen molar-refractivity contribution in [1.82, 2.24) is 15.1 Å². The third-order valence-electron chi connectivity index (χ3n) is 3.81. The van der Waals surface area contributed by atoms with E-state index in [0.717, 1.165) is 17.8 Å². The van der Waals surface area contributed by atoms with E-state index in [1.807, 2.05) is 46.0 Å². The monoisotopic (exact) mass is 335 g/mol. The number of hydrogen-bond acceptors (Lipinski definition) is 3. The first-order chi connectivity index (χ1) is 10.9. The number of nitrogens with zero attached hydrogens (tertiary/aromatic N) is 2. The summed E-state index contributed by atoms with van der Waals surface area (Å²) < 4.78 is 7.59. The summed E-state index contributed by atoms with van der Waals surface area (Å²) in [5, 5.41) is 7.76. The van der Waals surface area contributed by atoms with E-state index < -0.39 is 0 Å². The van der Waals surface area contributed by atoms with Crippen LogP contribution in [0.25, 0.3) is 0 Å². The Morgan fingerprint density at radius 3 is 2.65 bits per heavy atom. The van der Waals surface area contributed by atoms with Crippen LogP contribution in [-0.4, -0.2) is 28.3 Å². The number of nitrogens with one attached hydrogen (secondary N) is 1. The number of ether oxygens (including phenoxy) is 1. The molecule has 1 atom stereocenters. The van der Waals surface area contributed by atoms with Crippen LogP contribution in [0.3, 0.4) is 0 Å². The summed E-state index contributed by atoms with van der Waals surface area (Å²) in [6, 6.07) is 7.33. The number of carbonyl (C=O) groups excluding carboxylic acids is 1. The number of carbonyl (C=O) groups is 1. The van der Waals surface area contributed by atoms with Crippen LogP contribution in [0.4, 0.5) is 0 Å². The van der Waals surface area contributed by atoms with Crippen molar-refractivity contribution in [1.29, 1.82) is 0 Å². The quantitative estimate of drug-likeness (QED) is 0.881. The summed E-state index contributed by atoms with van der Waals surface area (Å²) in [5.41, 5.74) is 2.20. The van der Waals surface area contributed by atoms with Gasteiger partial charge >= 0.3 is 0 Å². The van der Waals surface area contributed by atoms with Gasteiger partial charge in [0.1, 0.15) is 11.9 Å². The van der Waals surface area contributed by atoms with Crippen molar-refractivity contribution < 1.29 is 9.53 Å². The van der Waals surface area contributed by atoms with E-state index in [-0.39, 0.29) is 12.0 Å². The molecule has 0 spiro atoms. The summed E-state index contributed by atoms with van der Waals surface area (Å²) in [7, 11) is 1.83. The molecule has 1 N–H and O–H groups in total. The van der Waals surface area contributed by atoms with Gasteiger partial charge in [-0.15, -0.1) is 0 Å². The normalized spacial score (nSPS) is 12.0. The van der Waals surface area contributed by atoms with Crippen molar-refractivity contribution >= 4 is 17.5 Å². The SMILES string of the molecule is CCC(CNC(=O)c1c(C)nn(C)c1C)Oc1ccccc1Cl. The lowest BCUT2D eigenvalue weighted by molar-refractivity contribution is 0.0924. The van der Waals surface area contributed by atoms with Crippen molar-refractivity contribution in [2.24, 2.45) is 7.05 Å². The van der Waals surface area contributed by atoms with Crippen LogP contribution in [0, 0.1) is 13.8 Å². The molecule has 0 radical (unpaired) electrons. The molecule has 0 aliphatic heterocycles. The van der Waals surface area contributed by atoms with Crippen molar-refractivity contribution in [3.63, 3.8) is 0 Å². The Morgan fingerprint density at radius 2 is 2.09 bits per heavy atom. The first kappa shape index (κ1) is 17.3. The van der Waals surface area contributed by atoms with Crippen LogP contribution in [-0.2, 0) is 7.05 Å². The van der Waals surface area contributed by atoms with Gasteiger partial charge in [0.25, 0.3) is 5.91 Å². The maximum Gasteiger partial charge on any atom is 0.255 e. The van der Waals surface area contributed by atoms with Crippen LogP contribution in [0.2, 0.25) is 5.02 Å². The zero-order chi connectivity index (χ0) is 17.0. The fraction of sp³-hybridized carbons (Fsp3) is 0.412. The molecule has 1 aromatic carbocycles. The molecule has 2 aromatic rings. The minimum absolute atomic E-state index is 0.130. The number of rotatable bonds is 6. The van der Waals surface area contributed by atoms with Gasteiger partial charge in [0.15, 0.2) is 0 Å². The molecular weight excluding hydrogens is 314 g/mol. The van der Waals surface area contributed by atoms with E-state index in [1.54, 1.807) is 10.7 Å². The van der Waals surface area contributed by atoms with Crippen LogP contribution in [0.15, 0.2) is 24.3 Å². The van der Waals surface area contributed by atoms with Gasteiger partial charge in [-0.3, -0.25) is 9.48 Å². The molecule has 0 saturated heterocycles. The van der Waals surface area contributed by atoms with E-state index >= 15 is 0 Å². The van der Waals surface area contributed by atoms with Crippen LogP contribution in [0.5, 0.6) is 5.75 Å². The molecule has 0 aliphatic rings. The van der Waals surface area contributed by atoms with E-state index in [0.29, 0.717) is 22.9 Å². The molecule has 0 bridgehead atoms. The largest absolute Gasteiger partial charge is 0.487 e. The molecule has 1 unspecified atom stereocenters. The van der Waals surface area contributed by atoms with Crippen molar-refractivity contribution in [2.45, 2.75) is 33.3 Å². The van der Waals surface area contributed by atoms with Gasteiger partial charge in [-0.2, -0.15) is 5.10 Å². The molecule has 5 nitrogen and oxygen atoms in total. The van der Waals surface area contributed by atoms with E-state index in [1.165, 1.54) is 0 Å². The average Bonchev–Trinajstić information content (AvgIpc) is 2.78. The van der Waals surface area contributed by atoms with Gasteiger partial charge in [-0.25, -0.2) is 0 Å². The molecule has 23 heavy (non-hydrogen) atoms. The second-order valence-electron chi connectivity index (χ2n) is 5.46. The minimum atomic E-state index is -0.142. The molecule has 1 aromatic heterocycles. The summed E-state index contributed by atoms with van der Waals surface area (Å²) in [5.74, 6) is 0.498. The van der Waals surface area contributed by atoms with Gasteiger partial charge in [-0.1, -0.05) is 30.7 Å². The summed E-state index contributed by atoms with van der Waals surface area (Å²) in [4.78, 5) is 12.4. The zero-order valence-electron chi connectivity index (χ0n) is 13.9. The number of hydrogen-bond donors (Lipinski definition) is 1. The minimum Gasteiger partial charge on any atom is -0.487 e. The van der Waals surface area contributed by atoms with E-state index in [4.69, 9.17) is 16.3 Å². The lowest BCUT2D eigenvalue weighted by Gasteiger charge is -2.19. The topological polar surface area (TPSA) is 56.2 Å². The molecule has 124 valence electrons. The Hall–Kier alpha value is -2.01. The second kappa shape index (κ2) is 7.51. The van der Waals surface area contributed by atoms with E-state index in [2.05, 4.69) is 10.4 Å². The highest BCUT2D eigenvalue weighted by molar-refractivity contribution is 6.32. The molecule has 1 heterocycles. The van der Waals surface area contributed by atoms with Crippen molar-refractivity contribution in [3.05, 3.63) is 46.2 Å². The van der Waals surface area contributed by atoms with Crippen LogP contribution in [0.1, 0.15) is 35.1 Å². The molecule has 0 aliphatic carbocycles. The number of amides is 1. The smallest absolute Gasteiger partial charge is 0.255 e. The summed E-state index contributed by atoms with van der Waals surface area (Å²) >= 11 is 6.10. The Labute approximate surface area is 141 Å². The van der Waals surface area contributed by atoms with Crippen molar-refractivity contribution in [2.75, 3.05) is 6.54 Å². The fourth-order valence-corrected chi connectivity index (χ4v) is 2.57. The molecule has 2 rings (SSSR count). The van der Waals surface area contributed by atoms with Gasteiger partial charge < -0.3 is 10.1 Å². The van der Waals surface area contributed by atoms with Crippen LogP contribution >= 0.6 is 11.6 Å². The number of aromatic nitrogens is 2. The maximum atomic E-state index is 12.4. The van der Waals surface area contributed by atoms with Gasteiger partial charge in [0.2, 0.25) is 0 Å². The highest BCUT2D eigenvalue weighted by atomic mass is 35.5. The highest BCUT2D eigenvalue weighted by Gasteiger charge is 2.19. The van der Waals surface area contributed by atoms with Crippen molar-refractivity contribution in [3.8, 4) is 5.75 Å². The third kappa shape index (κ3) is 4.05. The molecular formula is C17H22ClN3O2. The Bertz CT molecular complexity index is 697. The second-order valence-corrected chi connectivity index (χ2v) is 5.87. The number of benzene rings is 1. The molecule has 6 heteroatoms. The molecule has 1 amide bonds. The maximum absolute atomic E-state index is 12.4. The Kier molecular flexibility index (Phi) is 5.66. The molecule has 0 fully saturated rings. The Balaban J connectivity index is 2.00. The first-order valence-corrected chi connectivity index (χ1v) is 8.01. The lowest BCUT2D eigenvalue weighted by atomic mass is 10.1. The Morgan fingerprint density at radius 1 is 1.39 bits per heavy atom. The standard InChI is InChI=1S/C17H22ClN3O2/c1-5-13(23-15-9-7-6-8-14(15)18)10-19-17(22)16-11(2)20-21(4)12(16)3/h6-9,13H,5,10H2,1-4H3,(H,19,22). The van der Waals surface area contributed by atoms with Gasteiger partial charge in [0.05, 0.1) is 22.8 Å². The predicted octanol–water partition coefficient (Wildman–Crippen LogP) is 3.28. The average molecular weight is 336 g/mol. The van der Waals surface area contributed by atoms with E-state index in [9.17, 15) is 4.79 Å². The highest BCUT2D eigenvalue weighted by Crippen LogP contribution is 2.24. The summed E-state index contributed by atoms with van der Waals surface area (Å²) in [6.45, 7) is 6.13. The number of aryl methyl sites for hydroxylation is 2. The molecule has 0 saturated carbocycles. The lowest BCUT2D eigenvalue weighted by Crippen LogP contribution is -2.35. The third-order valence-corrected chi connectivity index (χ3v) is 4.12. The number of para-hydroxylation sites is 1. The predicted molar refractivity (Wildman–Crippen MR) is 91.2 cm³/mol. The van der Waals surface area contributed by atoms with Gasteiger partial charge in [-0.05, 0) is 32.4 Å². The zero-order valence-corrected chi connectivity index (χ0v) is 14.6. The van der Waals surface area contributed by atoms with Gasteiger partial charge in [0, 0.05) is 12.7 Å². The number of halogens is 1.